The van der Waals surface area contributed by atoms with Gasteiger partial charge in [0.25, 0.3) is 5.91 Å². The summed E-state index contributed by atoms with van der Waals surface area (Å²) in [6.45, 7) is 5.88. The highest BCUT2D eigenvalue weighted by atomic mass is 16.5. The number of amides is 1. The SMILES string of the molecule is COCc1ccccc1C(=O)N1CCN([C@@H](C)c2cccnc2)CC1. The van der Waals surface area contributed by atoms with Crippen LogP contribution < -0.4 is 0 Å². The molecule has 132 valence electrons. The molecule has 0 radical (unpaired) electrons. The molecule has 3 rings (SSSR count). The number of hydrogen-bond acceptors (Lipinski definition) is 4. The quantitative estimate of drug-likeness (QED) is 0.840. The van der Waals surface area contributed by atoms with Crippen LogP contribution in [0.2, 0.25) is 0 Å². The van der Waals surface area contributed by atoms with Crippen LogP contribution in [-0.4, -0.2) is 54.0 Å². The molecule has 0 saturated carbocycles. The van der Waals surface area contributed by atoms with Crippen LogP contribution in [0, 0.1) is 0 Å². The molecular formula is C20H25N3O2. The lowest BCUT2D eigenvalue weighted by molar-refractivity contribution is 0.0578. The summed E-state index contributed by atoms with van der Waals surface area (Å²) in [7, 11) is 1.65. The topological polar surface area (TPSA) is 45.7 Å². The monoisotopic (exact) mass is 339 g/mol. The van der Waals surface area contributed by atoms with Crippen molar-refractivity contribution in [3.8, 4) is 0 Å². The number of hydrogen-bond donors (Lipinski definition) is 0. The molecule has 1 saturated heterocycles. The van der Waals surface area contributed by atoms with Gasteiger partial charge in [-0.25, -0.2) is 0 Å². The highest BCUT2D eigenvalue weighted by molar-refractivity contribution is 5.95. The van der Waals surface area contributed by atoms with Crippen molar-refractivity contribution in [3.63, 3.8) is 0 Å². The summed E-state index contributed by atoms with van der Waals surface area (Å²) in [6, 6.07) is 12.1. The molecule has 0 bridgehead atoms. The van der Waals surface area contributed by atoms with Gasteiger partial charge in [-0.15, -0.1) is 0 Å². The highest BCUT2D eigenvalue weighted by Gasteiger charge is 2.26. The van der Waals surface area contributed by atoms with E-state index in [1.165, 1.54) is 5.56 Å². The Hall–Kier alpha value is -2.24. The minimum absolute atomic E-state index is 0.0985. The second kappa shape index (κ2) is 8.23. The fourth-order valence-corrected chi connectivity index (χ4v) is 3.33. The molecule has 5 nitrogen and oxygen atoms in total. The molecule has 1 aliphatic rings. The lowest BCUT2D eigenvalue weighted by atomic mass is 10.1. The Bertz CT molecular complexity index is 697. The first-order valence-corrected chi connectivity index (χ1v) is 8.71. The molecule has 0 spiro atoms. The first kappa shape index (κ1) is 17.6. The summed E-state index contributed by atoms with van der Waals surface area (Å²) < 4.78 is 5.22. The first-order valence-electron chi connectivity index (χ1n) is 8.71. The number of nitrogens with zero attached hydrogens (tertiary/aromatic N) is 3. The van der Waals surface area contributed by atoms with Gasteiger partial charge in [0.2, 0.25) is 0 Å². The summed E-state index contributed by atoms with van der Waals surface area (Å²) in [4.78, 5) is 21.4. The molecule has 2 aromatic rings. The van der Waals surface area contributed by atoms with Gasteiger partial charge in [0.15, 0.2) is 0 Å². The molecule has 25 heavy (non-hydrogen) atoms. The maximum atomic E-state index is 12.9. The third-order valence-corrected chi connectivity index (χ3v) is 4.86. The molecule has 0 N–H and O–H groups in total. The highest BCUT2D eigenvalue weighted by Crippen LogP contribution is 2.22. The second-order valence-corrected chi connectivity index (χ2v) is 6.38. The number of methoxy groups -OCH3 is 1. The zero-order valence-electron chi connectivity index (χ0n) is 14.9. The van der Waals surface area contributed by atoms with Gasteiger partial charge in [-0.05, 0) is 30.2 Å². The number of ether oxygens (including phenoxy) is 1. The van der Waals surface area contributed by atoms with Gasteiger partial charge in [-0.2, -0.15) is 0 Å². The number of rotatable bonds is 5. The Kier molecular flexibility index (Phi) is 5.79. The summed E-state index contributed by atoms with van der Waals surface area (Å²) in [6.07, 6.45) is 3.72. The van der Waals surface area contributed by atoms with Crippen molar-refractivity contribution >= 4 is 5.91 Å². The maximum Gasteiger partial charge on any atom is 0.254 e. The molecule has 1 amide bonds. The van der Waals surface area contributed by atoms with Crippen LogP contribution in [0.5, 0.6) is 0 Å². The normalized spacial score (nSPS) is 16.6. The largest absolute Gasteiger partial charge is 0.380 e. The molecule has 1 atom stereocenters. The Labute approximate surface area is 149 Å². The predicted octanol–water partition coefficient (Wildman–Crippen LogP) is 2.75. The van der Waals surface area contributed by atoms with Crippen LogP contribution in [0.25, 0.3) is 0 Å². The molecule has 0 aliphatic carbocycles. The lowest BCUT2D eigenvalue weighted by Gasteiger charge is -2.38. The molecule has 0 unspecified atom stereocenters. The Balaban J connectivity index is 1.63. The molecule has 1 aromatic carbocycles. The van der Waals surface area contributed by atoms with Gasteiger partial charge in [0, 0.05) is 57.3 Å². The van der Waals surface area contributed by atoms with E-state index in [1.54, 1.807) is 13.3 Å². The summed E-state index contributed by atoms with van der Waals surface area (Å²) >= 11 is 0. The minimum atomic E-state index is 0.0985. The average Bonchev–Trinajstić information content (AvgIpc) is 2.68. The number of carbonyl (C=O) groups excluding carboxylic acids is 1. The molecule has 1 fully saturated rings. The van der Waals surface area contributed by atoms with E-state index < -0.39 is 0 Å². The molecule has 2 heterocycles. The third-order valence-electron chi connectivity index (χ3n) is 4.86. The Morgan fingerprint density at radius 2 is 1.92 bits per heavy atom. The van der Waals surface area contributed by atoms with Gasteiger partial charge in [0.05, 0.1) is 6.61 Å². The summed E-state index contributed by atoms with van der Waals surface area (Å²) in [5.41, 5.74) is 2.91. The smallest absolute Gasteiger partial charge is 0.254 e. The van der Waals surface area contributed by atoms with E-state index in [1.807, 2.05) is 41.4 Å². The van der Waals surface area contributed by atoms with E-state index in [0.29, 0.717) is 12.6 Å². The molecule has 5 heteroatoms. The van der Waals surface area contributed by atoms with Crippen molar-refractivity contribution in [2.24, 2.45) is 0 Å². The standard InChI is InChI=1S/C20H25N3O2/c1-16(17-7-5-9-21-14-17)22-10-12-23(13-11-22)20(24)19-8-4-3-6-18(19)15-25-2/h3-9,14,16H,10-13,15H2,1-2H3/t16-/m0/s1. The zero-order valence-corrected chi connectivity index (χ0v) is 14.9. The Morgan fingerprint density at radius 1 is 1.16 bits per heavy atom. The van der Waals surface area contributed by atoms with Crippen LogP contribution in [0.15, 0.2) is 48.8 Å². The fraction of sp³-hybridized carbons (Fsp3) is 0.400. The minimum Gasteiger partial charge on any atom is -0.380 e. The van der Waals surface area contributed by atoms with Gasteiger partial charge < -0.3 is 9.64 Å². The average molecular weight is 339 g/mol. The first-order chi connectivity index (χ1) is 12.2. The molecule has 1 aromatic heterocycles. The van der Waals surface area contributed by atoms with E-state index in [9.17, 15) is 4.79 Å². The van der Waals surface area contributed by atoms with E-state index >= 15 is 0 Å². The molecule has 1 aliphatic heterocycles. The van der Waals surface area contributed by atoms with Gasteiger partial charge in [0.1, 0.15) is 0 Å². The predicted molar refractivity (Wildman–Crippen MR) is 97.3 cm³/mol. The maximum absolute atomic E-state index is 12.9. The van der Waals surface area contributed by atoms with E-state index in [2.05, 4.69) is 22.9 Å². The van der Waals surface area contributed by atoms with Crippen molar-refractivity contribution in [1.82, 2.24) is 14.8 Å². The van der Waals surface area contributed by atoms with Crippen LogP contribution in [-0.2, 0) is 11.3 Å². The van der Waals surface area contributed by atoms with Crippen molar-refractivity contribution in [3.05, 3.63) is 65.5 Å². The lowest BCUT2D eigenvalue weighted by Crippen LogP contribution is -2.49. The van der Waals surface area contributed by atoms with Crippen molar-refractivity contribution < 1.29 is 9.53 Å². The molecular weight excluding hydrogens is 314 g/mol. The van der Waals surface area contributed by atoms with Crippen molar-refractivity contribution in [2.75, 3.05) is 33.3 Å². The number of benzene rings is 1. The number of piperazine rings is 1. The van der Waals surface area contributed by atoms with E-state index in [0.717, 1.165) is 37.3 Å². The van der Waals surface area contributed by atoms with Gasteiger partial charge in [-0.1, -0.05) is 24.3 Å². The van der Waals surface area contributed by atoms with Crippen LogP contribution in [0.4, 0.5) is 0 Å². The van der Waals surface area contributed by atoms with E-state index in [-0.39, 0.29) is 5.91 Å². The number of pyridine rings is 1. The number of carbonyl (C=O) groups is 1. The van der Waals surface area contributed by atoms with Crippen molar-refractivity contribution in [1.29, 1.82) is 0 Å². The zero-order chi connectivity index (χ0) is 17.6. The fourth-order valence-electron chi connectivity index (χ4n) is 3.33. The number of aromatic nitrogens is 1. The van der Waals surface area contributed by atoms with Crippen LogP contribution >= 0.6 is 0 Å². The summed E-state index contributed by atoms with van der Waals surface area (Å²) in [5.74, 6) is 0.0985. The second-order valence-electron chi connectivity index (χ2n) is 6.38. The third kappa shape index (κ3) is 4.06. The summed E-state index contributed by atoms with van der Waals surface area (Å²) in [5, 5.41) is 0. The Morgan fingerprint density at radius 3 is 2.60 bits per heavy atom. The van der Waals surface area contributed by atoms with Gasteiger partial charge in [-0.3, -0.25) is 14.7 Å². The van der Waals surface area contributed by atoms with E-state index in [4.69, 9.17) is 4.74 Å². The van der Waals surface area contributed by atoms with Crippen molar-refractivity contribution in [2.45, 2.75) is 19.6 Å². The van der Waals surface area contributed by atoms with Crippen LogP contribution in [0.3, 0.4) is 0 Å². The van der Waals surface area contributed by atoms with Crippen LogP contribution in [0.1, 0.15) is 34.5 Å². The van der Waals surface area contributed by atoms with Gasteiger partial charge >= 0.3 is 0 Å².